The molecule has 1 aromatic rings. The molecule has 7 nitrogen and oxygen atoms in total. The molecule has 1 saturated heterocycles. The zero-order chi connectivity index (χ0) is 20.0. The molecule has 0 N–H and O–H groups in total. The Morgan fingerprint density at radius 3 is 2.70 bits per heavy atom. The quantitative estimate of drug-likeness (QED) is 0.439. The minimum absolute atomic E-state index is 0.00726. The van der Waals surface area contributed by atoms with Crippen LogP contribution in [0.1, 0.15) is 50.4 Å². The minimum atomic E-state index is -0.781. The number of nitro groups is 1. The number of carbonyl (C=O) groups is 2. The van der Waals surface area contributed by atoms with Gasteiger partial charge in [-0.3, -0.25) is 14.9 Å². The number of amides is 1. The van der Waals surface area contributed by atoms with E-state index in [-0.39, 0.29) is 45.7 Å². The lowest BCUT2D eigenvalue weighted by atomic mass is 9.65. The van der Waals surface area contributed by atoms with Crippen molar-refractivity contribution in [3.05, 3.63) is 38.9 Å². The standard InChI is InChI=1S/C19H23ClN2O5/c1-18(2)7-13-8-19(3,10-18)11-21(13)16(23)9-27-17(24)12-4-5-14(20)15(6-12)22(25)26/h4-6,13H,7-11H2,1-3H3/t13-,19-/m1/s1. The maximum Gasteiger partial charge on any atom is 0.338 e. The summed E-state index contributed by atoms with van der Waals surface area (Å²) in [5, 5.41) is 10.9. The Morgan fingerprint density at radius 1 is 1.33 bits per heavy atom. The summed E-state index contributed by atoms with van der Waals surface area (Å²) < 4.78 is 5.11. The van der Waals surface area contributed by atoms with Crippen LogP contribution in [0.15, 0.2) is 18.2 Å². The molecule has 1 aliphatic carbocycles. The van der Waals surface area contributed by atoms with Gasteiger partial charge in [0.1, 0.15) is 5.02 Å². The van der Waals surface area contributed by atoms with Gasteiger partial charge in [0.25, 0.3) is 11.6 Å². The van der Waals surface area contributed by atoms with Gasteiger partial charge in [-0.25, -0.2) is 4.79 Å². The van der Waals surface area contributed by atoms with Crippen molar-refractivity contribution < 1.29 is 19.2 Å². The second kappa shape index (κ2) is 6.78. The first kappa shape index (κ1) is 19.6. The molecule has 2 fully saturated rings. The number of nitro benzene ring substituents is 1. The zero-order valence-electron chi connectivity index (χ0n) is 15.7. The van der Waals surface area contributed by atoms with Crippen molar-refractivity contribution in [1.29, 1.82) is 0 Å². The molecule has 1 saturated carbocycles. The summed E-state index contributed by atoms with van der Waals surface area (Å²) in [5.74, 6) is -1.00. The number of hydrogen-bond acceptors (Lipinski definition) is 5. The largest absolute Gasteiger partial charge is 0.452 e. The van der Waals surface area contributed by atoms with E-state index in [2.05, 4.69) is 20.8 Å². The molecule has 0 radical (unpaired) electrons. The lowest BCUT2D eigenvalue weighted by Gasteiger charge is -2.39. The number of hydrogen-bond donors (Lipinski definition) is 0. The van der Waals surface area contributed by atoms with Crippen molar-refractivity contribution >= 4 is 29.2 Å². The van der Waals surface area contributed by atoms with Crippen LogP contribution in [0.5, 0.6) is 0 Å². The fraction of sp³-hybridized carbons (Fsp3) is 0.579. The molecule has 1 heterocycles. The molecule has 1 aliphatic heterocycles. The van der Waals surface area contributed by atoms with Gasteiger partial charge in [-0.2, -0.15) is 0 Å². The molecule has 1 aromatic carbocycles. The van der Waals surface area contributed by atoms with Crippen molar-refractivity contribution in [3.63, 3.8) is 0 Å². The van der Waals surface area contributed by atoms with Crippen LogP contribution in [0.4, 0.5) is 5.69 Å². The predicted octanol–water partition coefficient (Wildman–Crippen LogP) is 3.83. The van der Waals surface area contributed by atoms with Crippen molar-refractivity contribution in [3.8, 4) is 0 Å². The first-order valence-electron chi connectivity index (χ1n) is 8.90. The van der Waals surface area contributed by atoms with E-state index < -0.39 is 10.9 Å². The molecule has 0 aromatic heterocycles. The van der Waals surface area contributed by atoms with Crippen molar-refractivity contribution in [2.75, 3.05) is 13.2 Å². The highest BCUT2D eigenvalue weighted by Crippen LogP contribution is 2.52. The summed E-state index contributed by atoms with van der Waals surface area (Å²) in [6.45, 7) is 6.94. The molecule has 0 spiro atoms. The molecule has 2 atom stereocenters. The van der Waals surface area contributed by atoms with E-state index in [0.717, 1.165) is 25.3 Å². The summed E-state index contributed by atoms with van der Waals surface area (Å²) in [6, 6.07) is 3.84. The molecule has 146 valence electrons. The van der Waals surface area contributed by atoms with Gasteiger partial charge in [-0.05, 0) is 42.2 Å². The fourth-order valence-corrected chi connectivity index (χ4v) is 5.01. The van der Waals surface area contributed by atoms with Gasteiger partial charge in [-0.1, -0.05) is 32.4 Å². The third kappa shape index (κ3) is 4.08. The third-order valence-corrected chi connectivity index (χ3v) is 5.76. The van der Waals surface area contributed by atoms with E-state index in [4.69, 9.17) is 16.3 Å². The molecular formula is C19H23ClN2O5. The second-order valence-corrected chi connectivity index (χ2v) is 9.14. The highest BCUT2D eigenvalue weighted by atomic mass is 35.5. The van der Waals surface area contributed by atoms with E-state index in [9.17, 15) is 19.7 Å². The van der Waals surface area contributed by atoms with Gasteiger partial charge >= 0.3 is 5.97 Å². The SMILES string of the molecule is CC1(C)C[C@@H]2C[C@@](C)(CN2C(=O)COC(=O)c2ccc(Cl)c([N+](=O)[O-])c2)C1. The Labute approximate surface area is 162 Å². The number of rotatable bonds is 4. The summed E-state index contributed by atoms with van der Waals surface area (Å²) in [5.41, 5.74) is -0.0952. The Kier molecular flexibility index (Phi) is 4.93. The van der Waals surface area contributed by atoms with Crippen LogP contribution in [-0.2, 0) is 9.53 Å². The van der Waals surface area contributed by atoms with Crippen molar-refractivity contribution in [2.45, 2.75) is 46.1 Å². The molecule has 8 heteroatoms. The van der Waals surface area contributed by atoms with E-state index in [1.807, 2.05) is 4.90 Å². The maximum atomic E-state index is 12.6. The number of nitrogens with zero attached hydrogens (tertiary/aromatic N) is 2. The lowest BCUT2D eigenvalue weighted by molar-refractivity contribution is -0.384. The lowest BCUT2D eigenvalue weighted by Crippen LogP contribution is -2.39. The number of ether oxygens (including phenoxy) is 1. The average molecular weight is 395 g/mol. The van der Waals surface area contributed by atoms with Gasteiger partial charge in [0, 0.05) is 18.7 Å². The van der Waals surface area contributed by atoms with Crippen LogP contribution in [0.2, 0.25) is 5.02 Å². The Bertz CT molecular complexity index is 809. The van der Waals surface area contributed by atoms with Crippen LogP contribution >= 0.6 is 11.6 Å². The zero-order valence-corrected chi connectivity index (χ0v) is 16.4. The molecule has 3 rings (SSSR count). The highest BCUT2D eigenvalue weighted by Gasteiger charge is 2.50. The minimum Gasteiger partial charge on any atom is -0.452 e. The third-order valence-electron chi connectivity index (χ3n) is 5.44. The smallest absolute Gasteiger partial charge is 0.338 e. The normalized spacial score (nSPS) is 25.9. The van der Waals surface area contributed by atoms with Gasteiger partial charge in [0.15, 0.2) is 6.61 Å². The molecule has 0 unspecified atom stereocenters. The van der Waals surface area contributed by atoms with Crippen LogP contribution in [0.25, 0.3) is 0 Å². The topological polar surface area (TPSA) is 89.8 Å². The van der Waals surface area contributed by atoms with E-state index >= 15 is 0 Å². The molecule has 2 aliphatic rings. The highest BCUT2D eigenvalue weighted by molar-refractivity contribution is 6.32. The molecule has 27 heavy (non-hydrogen) atoms. The number of likely N-dealkylation sites (tertiary alicyclic amines) is 1. The number of fused-ring (bicyclic) bond motifs is 2. The van der Waals surface area contributed by atoms with Crippen LogP contribution in [0, 0.1) is 20.9 Å². The van der Waals surface area contributed by atoms with Crippen LogP contribution in [-0.4, -0.2) is 40.9 Å². The Morgan fingerprint density at radius 2 is 2.04 bits per heavy atom. The molecule has 1 amide bonds. The summed E-state index contributed by atoms with van der Waals surface area (Å²) in [7, 11) is 0. The maximum absolute atomic E-state index is 12.6. The second-order valence-electron chi connectivity index (χ2n) is 8.73. The first-order chi connectivity index (χ1) is 12.5. The number of halogens is 1. The first-order valence-corrected chi connectivity index (χ1v) is 9.28. The number of esters is 1. The van der Waals surface area contributed by atoms with Crippen LogP contribution in [0.3, 0.4) is 0 Å². The summed E-state index contributed by atoms with van der Waals surface area (Å²) >= 11 is 5.74. The van der Waals surface area contributed by atoms with Crippen molar-refractivity contribution in [1.82, 2.24) is 4.90 Å². The monoisotopic (exact) mass is 394 g/mol. The van der Waals surface area contributed by atoms with E-state index in [1.54, 1.807) is 0 Å². The van der Waals surface area contributed by atoms with Gasteiger partial charge in [0.2, 0.25) is 0 Å². The number of benzene rings is 1. The van der Waals surface area contributed by atoms with E-state index in [1.165, 1.54) is 12.1 Å². The average Bonchev–Trinajstić information content (AvgIpc) is 2.81. The Balaban J connectivity index is 1.64. The molecular weight excluding hydrogens is 372 g/mol. The van der Waals surface area contributed by atoms with E-state index in [0.29, 0.717) is 6.54 Å². The van der Waals surface area contributed by atoms with Crippen LogP contribution < -0.4 is 0 Å². The fourth-order valence-electron chi connectivity index (χ4n) is 4.82. The van der Waals surface area contributed by atoms with Crippen molar-refractivity contribution in [2.24, 2.45) is 10.8 Å². The van der Waals surface area contributed by atoms with Gasteiger partial charge < -0.3 is 9.64 Å². The van der Waals surface area contributed by atoms with Gasteiger partial charge in [0.05, 0.1) is 10.5 Å². The Hall–Kier alpha value is -2.15. The number of carbonyl (C=O) groups excluding carboxylic acids is 2. The summed E-state index contributed by atoms with van der Waals surface area (Å²) in [6.07, 6.45) is 2.97. The van der Waals surface area contributed by atoms with Gasteiger partial charge in [-0.15, -0.1) is 0 Å². The molecule has 2 bridgehead atoms. The summed E-state index contributed by atoms with van der Waals surface area (Å²) in [4.78, 5) is 36.9. The predicted molar refractivity (Wildman–Crippen MR) is 99.6 cm³/mol.